The summed E-state index contributed by atoms with van der Waals surface area (Å²) in [4.78, 5) is 19.0. The molecule has 2 aliphatic rings. The fourth-order valence-corrected chi connectivity index (χ4v) is 3.90. The van der Waals surface area contributed by atoms with Gasteiger partial charge in [-0.3, -0.25) is 0 Å². The number of carbonyl (C=O) groups is 1. The third-order valence-corrected chi connectivity index (χ3v) is 5.05. The first-order chi connectivity index (χ1) is 13.3. The minimum Gasteiger partial charge on any atom is -0.486 e. The summed E-state index contributed by atoms with van der Waals surface area (Å²) < 4.78 is 19.2. The maximum absolute atomic E-state index is 12.7. The normalized spacial score (nSPS) is 20.1. The number of ether oxygens (including phenoxy) is 3. The summed E-state index contributed by atoms with van der Waals surface area (Å²) in [5.41, 5.74) is 7.40. The second kappa shape index (κ2) is 7.07. The summed E-state index contributed by atoms with van der Waals surface area (Å²) in [6, 6.07) is 3.77. The number of fused-ring (bicyclic) bond motifs is 3. The molecular formula is C20H28N4O4. The standard InChI is InChI=1S/C20H28N4O4/c1-20(2,3)28-19(25)23-9-5-4-6-13(12-23)24-16-14(22-18(24)21)7-8-15-17(16)27-11-10-26-15/h7-8,13H,4-6,9-12H2,1-3H3,(H2,21,22)/t13-/m1/s1. The third-order valence-electron chi connectivity index (χ3n) is 5.05. The molecule has 1 fully saturated rings. The van der Waals surface area contributed by atoms with Gasteiger partial charge < -0.3 is 29.4 Å². The van der Waals surface area contributed by atoms with E-state index in [0.717, 1.165) is 30.3 Å². The Labute approximate surface area is 164 Å². The van der Waals surface area contributed by atoms with E-state index in [-0.39, 0.29) is 12.1 Å². The molecule has 8 nitrogen and oxygen atoms in total. The molecule has 4 rings (SSSR count). The summed E-state index contributed by atoms with van der Waals surface area (Å²) >= 11 is 0. The van der Waals surface area contributed by atoms with Crippen LogP contribution in [0.15, 0.2) is 12.1 Å². The predicted octanol–water partition coefficient (Wildman–Crippen LogP) is 3.35. The van der Waals surface area contributed by atoms with Gasteiger partial charge in [0, 0.05) is 13.1 Å². The van der Waals surface area contributed by atoms with Gasteiger partial charge in [0.25, 0.3) is 0 Å². The minimum atomic E-state index is -0.524. The molecular weight excluding hydrogens is 360 g/mol. The fourth-order valence-electron chi connectivity index (χ4n) is 3.90. The van der Waals surface area contributed by atoms with Gasteiger partial charge in [-0.2, -0.15) is 0 Å². The molecule has 152 valence electrons. The number of nitrogens with zero attached hydrogens (tertiary/aromatic N) is 3. The molecule has 0 saturated carbocycles. The topological polar surface area (TPSA) is 91.8 Å². The Morgan fingerprint density at radius 3 is 2.82 bits per heavy atom. The van der Waals surface area contributed by atoms with Crippen molar-refractivity contribution >= 4 is 23.1 Å². The van der Waals surface area contributed by atoms with E-state index < -0.39 is 5.60 Å². The van der Waals surface area contributed by atoms with Crippen molar-refractivity contribution in [1.29, 1.82) is 0 Å². The molecule has 3 heterocycles. The highest BCUT2D eigenvalue weighted by molar-refractivity contribution is 5.87. The summed E-state index contributed by atoms with van der Waals surface area (Å²) in [5.74, 6) is 1.81. The van der Waals surface area contributed by atoms with Crippen LogP contribution in [0.2, 0.25) is 0 Å². The Kier molecular flexibility index (Phi) is 4.72. The van der Waals surface area contributed by atoms with E-state index >= 15 is 0 Å². The lowest BCUT2D eigenvalue weighted by Gasteiger charge is -2.29. The fraction of sp³-hybridized carbons (Fsp3) is 0.600. The number of nitrogens with two attached hydrogens (primary N) is 1. The van der Waals surface area contributed by atoms with Crippen molar-refractivity contribution in [3.8, 4) is 11.5 Å². The number of aromatic nitrogens is 2. The Morgan fingerprint density at radius 1 is 1.25 bits per heavy atom. The smallest absolute Gasteiger partial charge is 0.410 e. The van der Waals surface area contributed by atoms with E-state index in [1.807, 2.05) is 37.5 Å². The second-order valence-electron chi connectivity index (χ2n) is 8.37. The van der Waals surface area contributed by atoms with Gasteiger partial charge in [-0.05, 0) is 52.2 Å². The SMILES string of the molecule is CC(C)(C)OC(=O)N1CCCC[C@@H](n2c(N)nc3ccc4c(c32)OCCO4)C1. The van der Waals surface area contributed by atoms with E-state index in [1.165, 1.54) is 0 Å². The van der Waals surface area contributed by atoms with Crippen LogP contribution in [-0.4, -0.2) is 52.4 Å². The van der Waals surface area contributed by atoms with Crippen LogP contribution in [0.1, 0.15) is 46.1 Å². The lowest BCUT2D eigenvalue weighted by molar-refractivity contribution is 0.0238. The highest BCUT2D eigenvalue weighted by atomic mass is 16.6. The number of benzene rings is 1. The van der Waals surface area contributed by atoms with Gasteiger partial charge in [-0.1, -0.05) is 0 Å². The van der Waals surface area contributed by atoms with Crippen LogP contribution < -0.4 is 15.2 Å². The van der Waals surface area contributed by atoms with E-state index in [0.29, 0.717) is 43.8 Å². The molecule has 0 bridgehead atoms. The molecule has 0 unspecified atom stereocenters. The minimum absolute atomic E-state index is 0.00274. The second-order valence-corrected chi connectivity index (χ2v) is 8.37. The maximum atomic E-state index is 12.7. The van der Waals surface area contributed by atoms with Gasteiger partial charge in [0.2, 0.25) is 5.95 Å². The van der Waals surface area contributed by atoms with E-state index in [4.69, 9.17) is 19.9 Å². The van der Waals surface area contributed by atoms with Gasteiger partial charge in [0.1, 0.15) is 24.3 Å². The first-order valence-electron chi connectivity index (χ1n) is 9.87. The van der Waals surface area contributed by atoms with Crippen LogP contribution in [0.25, 0.3) is 11.0 Å². The maximum Gasteiger partial charge on any atom is 0.410 e. The molecule has 2 aliphatic heterocycles. The molecule has 1 aromatic heterocycles. The van der Waals surface area contributed by atoms with Crippen LogP contribution in [0.5, 0.6) is 11.5 Å². The highest BCUT2D eigenvalue weighted by Crippen LogP contribution is 2.41. The lowest BCUT2D eigenvalue weighted by atomic mass is 10.1. The van der Waals surface area contributed by atoms with Gasteiger partial charge in [0.05, 0.1) is 11.6 Å². The van der Waals surface area contributed by atoms with E-state index in [1.54, 1.807) is 4.90 Å². The average Bonchev–Trinajstić information content (AvgIpc) is 2.81. The number of hydrogen-bond acceptors (Lipinski definition) is 6. The van der Waals surface area contributed by atoms with Crippen molar-refractivity contribution in [3.05, 3.63) is 12.1 Å². The quantitative estimate of drug-likeness (QED) is 0.805. The van der Waals surface area contributed by atoms with Crippen LogP contribution in [0.4, 0.5) is 10.7 Å². The summed E-state index contributed by atoms with van der Waals surface area (Å²) in [7, 11) is 0. The molecule has 28 heavy (non-hydrogen) atoms. The Hall–Kier alpha value is -2.64. The summed E-state index contributed by atoms with van der Waals surface area (Å²) in [6.07, 6.45) is 2.54. The van der Waals surface area contributed by atoms with Crippen molar-refractivity contribution < 1.29 is 19.0 Å². The zero-order valence-electron chi connectivity index (χ0n) is 16.7. The molecule has 2 N–H and O–H groups in total. The van der Waals surface area contributed by atoms with Crippen LogP contribution in [0.3, 0.4) is 0 Å². The Bertz CT molecular complexity index is 886. The number of carbonyl (C=O) groups excluding carboxylic acids is 1. The molecule has 2 aromatic rings. The monoisotopic (exact) mass is 388 g/mol. The van der Waals surface area contributed by atoms with Crippen molar-refractivity contribution in [2.45, 2.75) is 51.7 Å². The van der Waals surface area contributed by atoms with Gasteiger partial charge >= 0.3 is 6.09 Å². The highest BCUT2D eigenvalue weighted by Gasteiger charge is 2.30. The number of rotatable bonds is 1. The molecule has 1 amide bonds. The Morgan fingerprint density at radius 2 is 2.04 bits per heavy atom. The first kappa shape index (κ1) is 18.7. The predicted molar refractivity (Wildman–Crippen MR) is 106 cm³/mol. The molecule has 8 heteroatoms. The molecule has 1 atom stereocenters. The third kappa shape index (κ3) is 3.55. The van der Waals surface area contributed by atoms with Crippen molar-refractivity contribution in [2.75, 3.05) is 32.0 Å². The van der Waals surface area contributed by atoms with Crippen LogP contribution in [0, 0.1) is 0 Å². The molecule has 0 spiro atoms. The molecule has 1 saturated heterocycles. The number of anilines is 1. The number of likely N-dealkylation sites (tertiary alicyclic amines) is 1. The van der Waals surface area contributed by atoms with Gasteiger partial charge in [-0.15, -0.1) is 0 Å². The largest absolute Gasteiger partial charge is 0.486 e. The Balaban J connectivity index is 1.70. The van der Waals surface area contributed by atoms with Crippen molar-refractivity contribution in [3.63, 3.8) is 0 Å². The number of amides is 1. The van der Waals surface area contributed by atoms with Gasteiger partial charge in [0.15, 0.2) is 11.5 Å². The molecule has 0 aliphatic carbocycles. The number of imidazole rings is 1. The molecule has 0 radical (unpaired) electrons. The van der Waals surface area contributed by atoms with Crippen LogP contribution >= 0.6 is 0 Å². The summed E-state index contributed by atoms with van der Waals surface area (Å²) in [5, 5.41) is 0. The number of hydrogen-bond donors (Lipinski definition) is 1. The summed E-state index contributed by atoms with van der Waals surface area (Å²) in [6.45, 7) is 7.86. The van der Waals surface area contributed by atoms with Crippen LogP contribution in [-0.2, 0) is 4.74 Å². The molecule has 1 aromatic carbocycles. The number of nitrogen functional groups attached to an aromatic ring is 1. The van der Waals surface area contributed by atoms with E-state index in [9.17, 15) is 4.79 Å². The zero-order chi connectivity index (χ0) is 19.9. The average molecular weight is 388 g/mol. The zero-order valence-corrected chi connectivity index (χ0v) is 16.7. The van der Waals surface area contributed by atoms with Crippen molar-refractivity contribution in [1.82, 2.24) is 14.5 Å². The lowest BCUT2D eigenvalue weighted by Crippen LogP contribution is -2.39. The van der Waals surface area contributed by atoms with E-state index in [2.05, 4.69) is 4.98 Å². The first-order valence-corrected chi connectivity index (χ1v) is 9.87. The van der Waals surface area contributed by atoms with Crippen molar-refractivity contribution in [2.24, 2.45) is 0 Å². The van der Waals surface area contributed by atoms with Gasteiger partial charge in [-0.25, -0.2) is 9.78 Å².